The average Bonchev–Trinajstić information content (AvgIpc) is 3.64. The second-order valence-electron chi connectivity index (χ2n) is 9.82. The summed E-state index contributed by atoms with van der Waals surface area (Å²) in [5.41, 5.74) is 2.63. The minimum atomic E-state index is -0.891. The lowest BCUT2D eigenvalue weighted by Crippen LogP contribution is -2.44. The van der Waals surface area contributed by atoms with Gasteiger partial charge in [-0.25, -0.2) is 4.90 Å². The Bertz CT molecular complexity index is 1580. The monoisotopic (exact) mass is 524 g/mol. The molecule has 3 aromatic rings. The van der Waals surface area contributed by atoms with Crippen LogP contribution in [0.2, 0.25) is 0 Å². The van der Waals surface area contributed by atoms with E-state index in [-0.39, 0.29) is 18.5 Å². The molecule has 0 spiro atoms. The zero-order valence-electron chi connectivity index (χ0n) is 21.2. The van der Waals surface area contributed by atoms with Gasteiger partial charge >= 0.3 is 0 Å². The van der Waals surface area contributed by atoms with Crippen LogP contribution in [-0.4, -0.2) is 49.6 Å². The van der Waals surface area contributed by atoms with Crippen molar-refractivity contribution in [2.75, 3.05) is 25.9 Å². The topological polar surface area (TPSA) is 94.6 Å². The van der Waals surface area contributed by atoms with Crippen molar-refractivity contribution in [2.45, 2.75) is 12.1 Å². The van der Waals surface area contributed by atoms with E-state index < -0.39 is 29.8 Å². The molecule has 9 nitrogen and oxygen atoms in total. The number of ether oxygens (including phenoxy) is 4. The van der Waals surface area contributed by atoms with Crippen molar-refractivity contribution in [3.05, 3.63) is 83.6 Å². The Morgan fingerprint density at radius 3 is 2.46 bits per heavy atom. The number of amides is 2. The second-order valence-corrected chi connectivity index (χ2v) is 9.82. The normalized spacial score (nSPS) is 23.9. The van der Waals surface area contributed by atoms with E-state index in [4.69, 9.17) is 18.9 Å². The standard InChI is InChI=1S/C30H24N2O7/c1-36-20-9-7-17(13-22(20)37-2)28(33)27-25-24(26-19-6-4-3-5-16(19)11-12-31(26)27)29(34)32(30(25)35)18-8-10-21-23(14-18)39-15-38-21/h3-14,24-27H,15H2,1-2H3/t24-,25-,26+,27+/m1/s1. The summed E-state index contributed by atoms with van der Waals surface area (Å²) in [5.74, 6) is -0.741. The molecule has 196 valence electrons. The molecule has 0 saturated carbocycles. The van der Waals surface area contributed by atoms with Crippen molar-refractivity contribution in [1.82, 2.24) is 4.90 Å². The molecule has 3 aromatic carbocycles. The Hall–Kier alpha value is -4.79. The first-order chi connectivity index (χ1) is 19.0. The van der Waals surface area contributed by atoms with Crippen LogP contribution >= 0.6 is 0 Å². The summed E-state index contributed by atoms with van der Waals surface area (Å²) < 4.78 is 21.6. The number of imide groups is 1. The van der Waals surface area contributed by atoms with Gasteiger partial charge < -0.3 is 23.8 Å². The van der Waals surface area contributed by atoms with E-state index >= 15 is 0 Å². The highest BCUT2D eigenvalue weighted by Gasteiger charge is 2.64. The summed E-state index contributed by atoms with van der Waals surface area (Å²) in [4.78, 5) is 45.5. The molecule has 0 aliphatic carbocycles. The number of Topliss-reactive ketones (excluding diaryl/α,β-unsaturated/α-hetero) is 1. The number of carbonyl (C=O) groups is 3. The molecule has 4 atom stereocenters. The molecular weight excluding hydrogens is 500 g/mol. The number of anilines is 1. The van der Waals surface area contributed by atoms with Crippen LogP contribution in [0, 0.1) is 11.8 Å². The van der Waals surface area contributed by atoms with Gasteiger partial charge in [-0.05, 0) is 47.5 Å². The lowest BCUT2D eigenvalue weighted by atomic mass is 9.83. The molecule has 2 amide bonds. The average molecular weight is 525 g/mol. The minimum absolute atomic E-state index is 0.0774. The maximum absolute atomic E-state index is 14.2. The van der Waals surface area contributed by atoms with Crippen LogP contribution in [0.15, 0.2) is 66.9 Å². The number of hydrogen-bond donors (Lipinski definition) is 0. The van der Waals surface area contributed by atoms with E-state index in [1.807, 2.05) is 41.4 Å². The smallest absolute Gasteiger partial charge is 0.240 e. The minimum Gasteiger partial charge on any atom is -0.493 e. The molecule has 0 bridgehead atoms. The van der Waals surface area contributed by atoms with Crippen molar-refractivity contribution in [3.63, 3.8) is 0 Å². The number of carbonyl (C=O) groups excluding carboxylic acids is 3. The van der Waals surface area contributed by atoms with Gasteiger partial charge in [0.1, 0.15) is 6.04 Å². The Morgan fingerprint density at radius 2 is 1.64 bits per heavy atom. The summed E-state index contributed by atoms with van der Waals surface area (Å²) in [5, 5.41) is 0. The van der Waals surface area contributed by atoms with Crippen molar-refractivity contribution < 1.29 is 33.3 Å². The van der Waals surface area contributed by atoms with Crippen LogP contribution in [0.5, 0.6) is 23.0 Å². The molecule has 2 fully saturated rings. The summed E-state index contributed by atoms with van der Waals surface area (Å²) >= 11 is 0. The molecule has 7 rings (SSSR count). The zero-order valence-corrected chi connectivity index (χ0v) is 21.2. The fourth-order valence-electron chi connectivity index (χ4n) is 6.30. The number of methoxy groups -OCH3 is 2. The first-order valence-corrected chi connectivity index (χ1v) is 12.6. The van der Waals surface area contributed by atoms with Crippen LogP contribution in [0.25, 0.3) is 6.08 Å². The van der Waals surface area contributed by atoms with E-state index in [2.05, 4.69) is 0 Å². The highest BCUT2D eigenvalue weighted by molar-refractivity contribution is 6.24. The van der Waals surface area contributed by atoms with Crippen molar-refractivity contribution in [2.24, 2.45) is 11.8 Å². The zero-order chi connectivity index (χ0) is 26.8. The fraction of sp³-hybridized carbons (Fsp3) is 0.233. The van der Waals surface area contributed by atoms with Gasteiger partial charge in [-0.2, -0.15) is 0 Å². The third-order valence-corrected chi connectivity index (χ3v) is 8.01. The Balaban J connectivity index is 1.35. The third kappa shape index (κ3) is 3.29. The van der Waals surface area contributed by atoms with Crippen molar-refractivity contribution in [1.29, 1.82) is 0 Å². The van der Waals surface area contributed by atoms with Gasteiger partial charge in [-0.3, -0.25) is 14.4 Å². The number of hydrogen-bond acceptors (Lipinski definition) is 8. The number of ketones is 1. The van der Waals surface area contributed by atoms with Crippen molar-refractivity contribution >= 4 is 29.4 Å². The quantitative estimate of drug-likeness (QED) is 0.367. The summed E-state index contributed by atoms with van der Waals surface area (Å²) in [7, 11) is 3.02. The molecule has 4 aliphatic rings. The maximum Gasteiger partial charge on any atom is 0.240 e. The van der Waals surface area contributed by atoms with E-state index in [0.717, 1.165) is 11.1 Å². The molecule has 0 radical (unpaired) electrons. The molecule has 0 N–H and O–H groups in total. The van der Waals surface area contributed by atoms with Crippen LogP contribution in [0.3, 0.4) is 0 Å². The van der Waals surface area contributed by atoms with Gasteiger partial charge in [0.15, 0.2) is 28.8 Å². The molecule has 2 saturated heterocycles. The number of nitrogens with zero attached hydrogens (tertiary/aromatic N) is 2. The molecule has 9 heteroatoms. The predicted molar refractivity (Wildman–Crippen MR) is 140 cm³/mol. The first-order valence-electron chi connectivity index (χ1n) is 12.6. The maximum atomic E-state index is 14.2. The van der Waals surface area contributed by atoms with E-state index in [0.29, 0.717) is 34.2 Å². The van der Waals surface area contributed by atoms with E-state index in [1.54, 1.807) is 36.4 Å². The Morgan fingerprint density at radius 1 is 0.872 bits per heavy atom. The molecule has 4 heterocycles. The van der Waals surface area contributed by atoms with Gasteiger partial charge in [0, 0.05) is 17.8 Å². The Kier molecular flexibility index (Phi) is 5.16. The van der Waals surface area contributed by atoms with Gasteiger partial charge in [0.25, 0.3) is 0 Å². The van der Waals surface area contributed by atoms with Crippen molar-refractivity contribution in [3.8, 4) is 23.0 Å². The Labute approximate surface area is 224 Å². The number of rotatable bonds is 5. The predicted octanol–water partition coefficient (Wildman–Crippen LogP) is 3.83. The molecule has 39 heavy (non-hydrogen) atoms. The first kappa shape index (κ1) is 23.3. The molecule has 4 aliphatic heterocycles. The third-order valence-electron chi connectivity index (χ3n) is 8.01. The largest absolute Gasteiger partial charge is 0.493 e. The van der Waals surface area contributed by atoms with E-state index in [9.17, 15) is 14.4 Å². The highest BCUT2D eigenvalue weighted by atomic mass is 16.7. The van der Waals surface area contributed by atoms with Crippen LogP contribution in [0.4, 0.5) is 5.69 Å². The lowest BCUT2D eigenvalue weighted by Gasteiger charge is -2.35. The number of benzene rings is 3. The van der Waals surface area contributed by atoms with E-state index in [1.165, 1.54) is 19.1 Å². The second kappa shape index (κ2) is 8.62. The lowest BCUT2D eigenvalue weighted by molar-refractivity contribution is -0.123. The van der Waals surface area contributed by atoms with Crippen LogP contribution in [-0.2, 0) is 9.59 Å². The highest BCUT2D eigenvalue weighted by Crippen LogP contribution is 2.54. The summed E-state index contributed by atoms with van der Waals surface area (Å²) in [6.45, 7) is 0.0774. The molecule has 0 unspecified atom stereocenters. The SMILES string of the molecule is COc1ccc(C(=O)[C@@H]2[C@@H]3C(=O)N(c4ccc5c(c4)OCO5)C(=O)[C@H]3[C@@H]3c4ccccc4C=CN23)cc1OC. The van der Waals surface area contributed by atoms with Gasteiger partial charge in [-0.1, -0.05) is 24.3 Å². The van der Waals surface area contributed by atoms with Gasteiger partial charge in [-0.15, -0.1) is 0 Å². The van der Waals surface area contributed by atoms with Crippen LogP contribution < -0.4 is 23.8 Å². The van der Waals surface area contributed by atoms with Crippen LogP contribution in [0.1, 0.15) is 27.5 Å². The van der Waals surface area contributed by atoms with Gasteiger partial charge in [0.05, 0.1) is 37.8 Å². The molecule has 0 aromatic heterocycles. The fourth-order valence-corrected chi connectivity index (χ4v) is 6.30. The summed E-state index contributed by atoms with van der Waals surface area (Å²) in [6, 6.07) is 16.3. The van der Waals surface area contributed by atoms with Gasteiger partial charge in [0.2, 0.25) is 18.6 Å². The summed E-state index contributed by atoms with van der Waals surface area (Å²) in [6.07, 6.45) is 3.76. The number of fused-ring (bicyclic) bond motifs is 6. The molecular formula is C30H24N2O7.